The molecule has 1 N–H and O–H groups in total. The molecule has 0 unspecified atom stereocenters. The summed E-state index contributed by atoms with van der Waals surface area (Å²) in [5.41, 5.74) is 2.07. The molecule has 0 bridgehead atoms. The van der Waals surface area contributed by atoms with Crippen LogP contribution in [0.1, 0.15) is 25.0 Å². The fourth-order valence-corrected chi connectivity index (χ4v) is 2.53. The Morgan fingerprint density at radius 1 is 1.32 bits per heavy atom. The zero-order valence-electron chi connectivity index (χ0n) is 11.5. The van der Waals surface area contributed by atoms with Crippen LogP contribution in [-0.4, -0.2) is 27.3 Å². The lowest BCUT2D eigenvalue weighted by molar-refractivity contribution is 0.340. The molecule has 0 aromatic heterocycles. The molecule has 6 heteroatoms. The van der Waals surface area contributed by atoms with E-state index in [2.05, 4.69) is 4.72 Å². The van der Waals surface area contributed by atoms with Crippen LogP contribution < -0.4 is 9.46 Å². The second-order valence-corrected chi connectivity index (χ2v) is 6.69. The van der Waals surface area contributed by atoms with E-state index < -0.39 is 10.0 Å². The molecular weight excluding hydrogens is 286 g/mol. The zero-order valence-corrected chi connectivity index (χ0v) is 13.1. The highest BCUT2D eigenvalue weighted by molar-refractivity contribution is 7.89. The van der Waals surface area contributed by atoms with Gasteiger partial charge in [0.25, 0.3) is 0 Å². The van der Waals surface area contributed by atoms with E-state index in [1.54, 1.807) is 6.92 Å². The van der Waals surface area contributed by atoms with Crippen LogP contribution in [0.15, 0.2) is 12.1 Å². The minimum Gasteiger partial charge on any atom is -0.492 e. The summed E-state index contributed by atoms with van der Waals surface area (Å²) in [5.74, 6) is 0.760. The van der Waals surface area contributed by atoms with E-state index in [-0.39, 0.29) is 5.75 Å². The molecule has 0 fully saturated rings. The number of rotatable bonds is 7. The van der Waals surface area contributed by atoms with Gasteiger partial charge in [-0.05, 0) is 50.5 Å². The molecule has 0 aliphatic heterocycles. The van der Waals surface area contributed by atoms with Crippen molar-refractivity contribution < 1.29 is 13.2 Å². The molecule has 0 aliphatic rings. The number of hydrogen-bond donors (Lipinski definition) is 1. The molecule has 0 heterocycles. The lowest BCUT2D eigenvalue weighted by Crippen LogP contribution is -2.27. The van der Waals surface area contributed by atoms with Gasteiger partial charge in [-0.3, -0.25) is 0 Å². The van der Waals surface area contributed by atoms with Crippen LogP contribution in [0, 0.1) is 6.92 Å². The molecule has 0 aliphatic carbocycles. The van der Waals surface area contributed by atoms with Gasteiger partial charge in [-0.25, -0.2) is 13.1 Å². The monoisotopic (exact) mass is 305 g/mol. The fraction of sp³-hybridized carbons (Fsp3) is 0.538. The minimum atomic E-state index is -3.14. The van der Waals surface area contributed by atoms with Crippen molar-refractivity contribution in [2.24, 2.45) is 0 Å². The van der Waals surface area contributed by atoms with Crippen LogP contribution in [0.5, 0.6) is 5.75 Å². The quantitative estimate of drug-likeness (QED) is 0.842. The Hall–Kier alpha value is -0.780. The molecule has 0 saturated heterocycles. The summed E-state index contributed by atoms with van der Waals surface area (Å²) in [7, 11) is -3.14. The average molecular weight is 306 g/mol. The minimum absolute atomic E-state index is 0.0933. The third-order valence-corrected chi connectivity index (χ3v) is 4.49. The summed E-state index contributed by atoms with van der Waals surface area (Å²) < 4.78 is 30.6. The number of sulfonamides is 1. The first-order chi connectivity index (χ1) is 8.89. The van der Waals surface area contributed by atoms with Crippen molar-refractivity contribution in [3.8, 4) is 5.75 Å². The Morgan fingerprint density at radius 2 is 2.00 bits per heavy atom. The van der Waals surface area contributed by atoms with E-state index in [9.17, 15) is 8.42 Å². The van der Waals surface area contributed by atoms with Gasteiger partial charge in [0.05, 0.1) is 17.4 Å². The first-order valence-electron chi connectivity index (χ1n) is 6.28. The molecule has 108 valence electrons. The summed E-state index contributed by atoms with van der Waals surface area (Å²) >= 11 is 6.11. The Labute approximate surface area is 120 Å². The van der Waals surface area contributed by atoms with Crippen molar-refractivity contribution in [2.45, 2.75) is 27.2 Å². The third-order valence-electron chi connectivity index (χ3n) is 2.79. The fourth-order valence-electron chi connectivity index (χ4n) is 1.67. The van der Waals surface area contributed by atoms with E-state index in [1.807, 2.05) is 26.0 Å². The smallest absolute Gasteiger partial charge is 0.211 e. The highest BCUT2D eigenvalue weighted by atomic mass is 35.5. The Bertz CT molecular complexity index is 529. The molecule has 0 atom stereocenters. The highest BCUT2D eigenvalue weighted by Gasteiger charge is 2.09. The van der Waals surface area contributed by atoms with Crippen LogP contribution in [0.3, 0.4) is 0 Å². The van der Waals surface area contributed by atoms with Gasteiger partial charge < -0.3 is 4.74 Å². The van der Waals surface area contributed by atoms with Gasteiger partial charge in [0.2, 0.25) is 10.0 Å². The van der Waals surface area contributed by atoms with Crippen LogP contribution >= 0.6 is 11.6 Å². The molecule has 4 nitrogen and oxygen atoms in total. The molecule has 19 heavy (non-hydrogen) atoms. The van der Waals surface area contributed by atoms with Crippen molar-refractivity contribution in [2.75, 3.05) is 18.9 Å². The number of halogens is 1. The van der Waals surface area contributed by atoms with Crippen LogP contribution in [-0.2, 0) is 16.4 Å². The molecule has 1 rings (SSSR count). The summed E-state index contributed by atoms with van der Waals surface area (Å²) in [6.45, 7) is 6.42. The van der Waals surface area contributed by atoms with E-state index >= 15 is 0 Å². The van der Waals surface area contributed by atoms with Crippen molar-refractivity contribution in [3.63, 3.8) is 0 Å². The molecule has 0 saturated carbocycles. The van der Waals surface area contributed by atoms with E-state index in [4.69, 9.17) is 16.3 Å². The van der Waals surface area contributed by atoms with Gasteiger partial charge >= 0.3 is 0 Å². The average Bonchev–Trinajstić information content (AvgIpc) is 2.35. The van der Waals surface area contributed by atoms with Crippen molar-refractivity contribution in [1.82, 2.24) is 4.72 Å². The first kappa shape index (κ1) is 16.3. The van der Waals surface area contributed by atoms with Crippen LogP contribution in [0.2, 0.25) is 5.02 Å². The summed E-state index contributed by atoms with van der Waals surface area (Å²) in [6.07, 6.45) is 0.608. The number of ether oxygens (including phenoxy) is 1. The first-order valence-corrected chi connectivity index (χ1v) is 8.31. The topological polar surface area (TPSA) is 55.4 Å². The van der Waals surface area contributed by atoms with Gasteiger partial charge in [-0.2, -0.15) is 0 Å². The highest BCUT2D eigenvalue weighted by Crippen LogP contribution is 2.28. The van der Waals surface area contributed by atoms with Gasteiger partial charge in [0.15, 0.2) is 0 Å². The maximum Gasteiger partial charge on any atom is 0.211 e. The lowest BCUT2D eigenvalue weighted by Gasteiger charge is -2.11. The zero-order chi connectivity index (χ0) is 14.5. The molecule has 0 radical (unpaired) electrons. The number of aryl methyl sites for hydroxylation is 1. The van der Waals surface area contributed by atoms with E-state index in [0.29, 0.717) is 30.3 Å². The molecule has 1 aromatic rings. The number of nitrogens with one attached hydrogen (secondary N) is 1. The van der Waals surface area contributed by atoms with E-state index in [1.165, 1.54) is 0 Å². The SMILES string of the molecule is CCOc1cc(C)c(CCNS(=O)(=O)CC)cc1Cl. The van der Waals surface area contributed by atoms with Crippen molar-refractivity contribution in [1.29, 1.82) is 0 Å². The standard InChI is InChI=1S/C13H20ClNO3S/c1-4-18-13-8-10(3)11(9-12(13)14)6-7-15-19(16,17)5-2/h8-9,15H,4-7H2,1-3H3. The van der Waals surface area contributed by atoms with Gasteiger partial charge in [-0.15, -0.1) is 0 Å². The second kappa shape index (κ2) is 7.12. The van der Waals surface area contributed by atoms with Gasteiger partial charge in [0.1, 0.15) is 5.75 Å². The largest absolute Gasteiger partial charge is 0.492 e. The maximum absolute atomic E-state index is 11.3. The molecule has 0 amide bonds. The molecule has 1 aromatic carbocycles. The third kappa shape index (κ3) is 5.01. The number of benzene rings is 1. The predicted octanol–water partition coefficient (Wildman–Crippen LogP) is 2.53. The Morgan fingerprint density at radius 3 is 2.58 bits per heavy atom. The predicted molar refractivity (Wildman–Crippen MR) is 78.5 cm³/mol. The Kier molecular flexibility index (Phi) is 6.10. The van der Waals surface area contributed by atoms with Crippen LogP contribution in [0.25, 0.3) is 0 Å². The molecular formula is C13H20ClNO3S. The summed E-state index contributed by atoms with van der Waals surface area (Å²) in [4.78, 5) is 0. The summed E-state index contributed by atoms with van der Waals surface area (Å²) in [6, 6.07) is 3.72. The van der Waals surface area contributed by atoms with Gasteiger partial charge in [-0.1, -0.05) is 11.6 Å². The second-order valence-electron chi connectivity index (χ2n) is 4.19. The lowest BCUT2D eigenvalue weighted by atomic mass is 10.1. The van der Waals surface area contributed by atoms with E-state index in [0.717, 1.165) is 11.1 Å². The van der Waals surface area contributed by atoms with Crippen molar-refractivity contribution in [3.05, 3.63) is 28.3 Å². The number of hydrogen-bond acceptors (Lipinski definition) is 3. The summed E-state index contributed by atoms with van der Waals surface area (Å²) in [5, 5.41) is 0.556. The van der Waals surface area contributed by atoms with Gasteiger partial charge in [0, 0.05) is 6.54 Å². The van der Waals surface area contributed by atoms with Crippen molar-refractivity contribution >= 4 is 21.6 Å². The molecule has 0 spiro atoms. The van der Waals surface area contributed by atoms with Crippen LogP contribution in [0.4, 0.5) is 0 Å². The maximum atomic E-state index is 11.3. The normalized spacial score (nSPS) is 11.6. The Balaban J connectivity index is 2.72.